The number of thioether (sulfide) groups is 1. The molecule has 3 aliphatic heterocycles. The Morgan fingerprint density at radius 2 is 1.78 bits per heavy atom. The zero-order valence-electron chi connectivity index (χ0n) is 35.2. The zero-order chi connectivity index (χ0) is 42.1. The minimum Gasteiger partial charge on any atom is -0.493 e. The first kappa shape index (κ1) is 45.5. The van der Waals surface area contributed by atoms with Gasteiger partial charge in [0.05, 0.1) is 24.4 Å². The van der Waals surface area contributed by atoms with Crippen LogP contribution in [0.4, 0.5) is 10.1 Å². The molecule has 0 aliphatic carbocycles. The minimum absolute atomic E-state index is 0.0457. The van der Waals surface area contributed by atoms with E-state index in [1.165, 1.54) is 11.6 Å². The van der Waals surface area contributed by atoms with E-state index in [1.807, 2.05) is 12.1 Å². The Labute approximate surface area is 357 Å². The molecule has 4 heterocycles. The third-order valence-corrected chi connectivity index (χ3v) is 13.5. The van der Waals surface area contributed by atoms with Gasteiger partial charge >= 0.3 is 0 Å². The molecule has 13 nitrogen and oxygen atoms in total. The molecule has 1 atom stereocenters. The maximum Gasteiger partial charge on any atom is 0.261 e. The number of carbonyl (C=O) groups excluding carboxylic acids is 3. The highest BCUT2D eigenvalue weighted by atomic mass is 32.2. The van der Waals surface area contributed by atoms with Crippen molar-refractivity contribution in [1.29, 1.82) is 0 Å². The summed E-state index contributed by atoms with van der Waals surface area (Å²) in [7, 11) is 1.62. The third kappa shape index (κ3) is 14.0. The predicted octanol–water partition coefficient (Wildman–Crippen LogP) is 5.63. The predicted molar refractivity (Wildman–Crippen MR) is 235 cm³/mol. The highest BCUT2D eigenvalue weighted by molar-refractivity contribution is 7.99. The number of hydrogen-bond acceptors (Lipinski definition) is 11. The Balaban J connectivity index is 0.804. The van der Waals surface area contributed by atoms with Gasteiger partial charge in [-0.3, -0.25) is 19.3 Å². The van der Waals surface area contributed by atoms with Crippen LogP contribution >= 0.6 is 11.8 Å². The van der Waals surface area contributed by atoms with Crippen molar-refractivity contribution >= 4 is 46.5 Å². The second kappa shape index (κ2) is 23.8. The van der Waals surface area contributed by atoms with Crippen molar-refractivity contribution in [3.8, 4) is 5.75 Å². The first-order valence-corrected chi connectivity index (χ1v) is 23.1. The van der Waals surface area contributed by atoms with Crippen molar-refractivity contribution < 1.29 is 28.2 Å². The number of halogens is 1. The van der Waals surface area contributed by atoms with Gasteiger partial charge in [-0.2, -0.15) is 11.8 Å². The lowest BCUT2D eigenvalue weighted by Crippen LogP contribution is -2.42. The summed E-state index contributed by atoms with van der Waals surface area (Å²) in [5, 5.41) is 9.47. The fourth-order valence-electron chi connectivity index (χ4n) is 8.51. The number of anilines is 1. The molecule has 60 heavy (non-hydrogen) atoms. The third-order valence-electron chi connectivity index (χ3n) is 12.1. The number of aromatic nitrogens is 2. The Kier molecular flexibility index (Phi) is 18.1. The van der Waals surface area contributed by atoms with Crippen molar-refractivity contribution in [3.05, 3.63) is 64.0 Å². The van der Waals surface area contributed by atoms with Gasteiger partial charge in [-0.05, 0) is 120 Å². The molecular weight excluding hydrogens is 786 g/mol. The summed E-state index contributed by atoms with van der Waals surface area (Å²) in [5.41, 5.74) is 2.04. The van der Waals surface area contributed by atoms with Gasteiger partial charge in [0, 0.05) is 56.3 Å². The summed E-state index contributed by atoms with van der Waals surface area (Å²) in [4.78, 5) is 60.8. The fraction of sp³-hybridized carbons (Fsp3) is 0.622. The van der Waals surface area contributed by atoms with E-state index in [0.717, 1.165) is 109 Å². The van der Waals surface area contributed by atoms with E-state index in [2.05, 4.69) is 47.9 Å². The Bertz CT molecular complexity index is 1900. The molecule has 0 saturated carbocycles. The Morgan fingerprint density at radius 1 is 1.02 bits per heavy atom. The van der Waals surface area contributed by atoms with E-state index < -0.39 is 17.4 Å². The van der Waals surface area contributed by atoms with Gasteiger partial charge in [-0.25, -0.2) is 9.37 Å². The number of nitrogens with zero attached hydrogens (tertiary/aromatic N) is 3. The number of ether oxygens (including phenoxy) is 2. The highest BCUT2D eigenvalue weighted by Gasteiger charge is 2.24. The number of unbranched alkanes of at least 4 members (excludes halogenated alkanes) is 3. The van der Waals surface area contributed by atoms with Gasteiger partial charge in [-0.1, -0.05) is 25.0 Å². The molecule has 15 heteroatoms. The molecule has 3 aliphatic rings. The van der Waals surface area contributed by atoms with Crippen LogP contribution in [0.3, 0.4) is 0 Å². The molecule has 3 aromatic rings. The summed E-state index contributed by atoms with van der Waals surface area (Å²) in [5.74, 6) is 1.63. The number of hydrogen-bond donors (Lipinski definition) is 4. The number of H-pyrrole nitrogens is 1. The van der Waals surface area contributed by atoms with Gasteiger partial charge in [-0.15, -0.1) is 0 Å². The monoisotopic (exact) mass is 849 g/mol. The van der Waals surface area contributed by atoms with Crippen molar-refractivity contribution in [2.45, 2.75) is 100 Å². The average Bonchev–Trinajstić information content (AvgIpc) is 3.26. The summed E-state index contributed by atoms with van der Waals surface area (Å²) in [6.07, 6.45) is 12.0. The zero-order valence-corrected chi connectivity index (χ0v) is 36.0. The molecule has 0 bridgehead atoms. The van der Waals surface area contributed by atoms with Gasteiger partial charge in [0.1, 0.15) is 35.1 Å². The van der Waals surface area contributed by atoms with Crippen molar-refractivity contribution in [1.82, 2.24) is 30.4 Å². The Hall–Kier alpha value is -4.05. The van der Waals surface area contributed by atoms with Gasteiger partial charge in [0.15, 0.2) is 0 Å². The lowest BCUT2D eigenvalue weighted by atomic mass is 9.89. The molecule has 4 N–H and O–H groups in total. The highest BCUT2D eigenvalue weighted by Crippen LogP contribution is 2.31. The van der Waals surface area contributed by atoms with Crippen LogP contribution in [0.15, 0.2) is 41.2 Å². The number of amides is 2. The molecule has 0 radical (unpaired) electrons. The molecule has 2 aromatic carbocycles. The number of carbonyl (C=O) groups is 3. The molecule has 2 amide bonds. The van der Waals surface area contributed by atoms with Crippen LogP contribution in [0.1, 0.15) is 94.4 Å². The summed E-state index contributed by atoms with van der Waals surface area (Å²) < 4.78 is 26.2. The number of likely N-dealkylation sites (tertiary alicyclic amines) is 2. The van der Waals surface area contributed by atoms with Crippen LogP contribution in [0, 0.1) is 11.7 Å². The molecule has 6 rings (SSSR count). The van der Waals surface area contributed by atoms with Crippen LogP contribution in [0.5, 0.6) is 5.75 Å². The van der Waals surface area contributed by atoms with Crippen LogP contribution in [0.2, 0.25) is 0 Å². The number of benzene rings is 2. The first-order valence-electron chi connectivity index (χ1n) is 22.1. The van der Waals surface area contributed by atoms with E-state index in [1.54, 1.807) is 24.9 Å². The van der Waals surface area contributed by atoms with Gasteiger partial charge in [0.2, 0.25) is 11.8 Å². The number of rotatable bonds is 22. The summed E-state index contributed by atoms with van der Waals surface area (Å²) in [6, 6.07) is 10.9. The number of likely N-dealkylation sites (N-methyl/N-ethyl adjacent to an activating group) is 1. The second-order valence-electron chi connectivity index (χ2n) is 16.5. The van der Waals surface area contributed by atoms with E-state index in [0.29, 0.717) is 85.7 Å². The van der Waals surface area contributed by atoms with Crippen LogP contribution in [-0.2, 0) is 24.9 Å². The van der Waals surface area contributed by atoms with Crippen molar-refractivity contribution in [2.24, 2.45) is 5.92 Å². The van der Waals surface area contributed by atoms with E-state index in [9.17, 15) is 23.6 Å². The Morgan fingerprint density at radius 3 is 2.55 bits per heavy atom. The number of nitrogens with one attached hydrogen (secondary N) is 4. The summed E-state index contributed by atoms with van der Waals surface area (Å²) >= 11 is 1.74. The smallest absolute Gasteiger partial charge is 0.261 e. The maximum absolute atomic E-state index is 14.9. The van der Waals surface area contributed by atoms with E-state index >= 15 is 0 Å². The summed E-state index contributed by atoms with van der Waals surface area (Å²) in [6.45, 7) is 7.97. The lowest BCUT2D eigenvalue weighted by molar-refractivity contribution is -0.123. The number of aldehydes is 1. The number of aromatic amines is 1. The van der Waals surface area contributed by atoms with Crippen LogP contribution < -0.4 is 26.2 Å². The van der Waals surface area contributed by atoms with Crippen molar-refractivity contribution in [2.75, 3.05) is 78.0 Å². The lowest BCUT2D eigenvalue weighted by Gasteiger charge is -2.32. The molecule has 3 saturated heterocycles. The minimum atomic E-state index is -0.628. The molecule has 1 unspecified atom stereocenters. The fourth-order valence-corrected chi connectivity index (χ4v) is 9.58. The molecule has 3 fully saturated rings. The second-order valence-corrected chi connectivity index (χ2v) is 17.8. The quantitative estimate of drug-likeness (QED) is 0.0735. The largest absolute Gasteiger partial charge is 0.493 e. The first-order chi connectivity index (χ1) is 29.3. The normalized spacial score (nSPS) is 18.0. The molecule has 328 valence electrons. The molecular formula is C45H64FN7O6S. The SMILES string of the molecule is CNC(=O)C(CCC=O)Nc1cccc(C2CCN(CCCCCCNC(=O)CN3CCC(SCc4nc5cc(OCC6CCOCC6)cc(F)c5c(=O)[nH]4)CC3)CC2)c1. The van der Waals surface area contributed by atoms with Gasteiger partial charge in [0.25, 0.3) is 5.56 Å². The maximum atomic E-state index is 14.9. The topological polar surface area (TPSA) is 158 Å². The van der Waals surface area contributed by atoms with E-state index in [4.69, 9.17) is 9.47 Å². The van der Waals surface area contributed by atoms with Crippen LogP contribution in [-0.4, -0.2) is 122 Å². The van der Waals surface area contributed by atoms with Crippen molar-refractivity contribution in [3.63, 3.8) is 0 Å². The number of fused-ring (bicyclic) bond motifs is 1. The standard InChI is InChI=1S/C45H64FN7O6S/c1-47-44(56)39(10-7-23-54)49-35-9-6-8-34(26-35)33-11-19-52(20-12-33)18-5-3-2-4-17-48-42(55)29-53-21-13-37(14-22-53)60-31-41-50-40-28-36(27-38(46)43(40)45(57)51-41)59-30-32-15-24-58-25-16-32/h6,8-9,23,26-28,32-33,37,39,49H,2-5,7,10-22,24-25,29-31H2,1H3,(H,47,56)(H,48,55)(H,50,51,57). The molecule has 0 spiro atoms. The van der Waals surface area contributed by atoms with Gasteiger partial charge < -0.3 is 40.1 Å². The average molecular weight is 850 g/mol. The molecule has 1 aromatic heterocycles. The van der Waals surface area contributed by atoms with Crippen LogP contribution in [0.25, 0.3) is 10.9 Å². The number of piperidine rings is 2. The van der Waals surface area contributed by atoms with E-state index in [-0.39, 0.29) is 17.2 Å².